The van der Waals surface area contributed by atoms with Gasteiger partial charge in [-0.3, -0.25) is 4.98 Å². The molecule has 0 spiro atoms. The van der Waals surface area contributed by atoms with Crippen LogP contribution in [0.5, 0.6) is 0 Å². The summed E-state index contributed by atoms with van der Waals surface area (Å²) >= 11 is 0. The fraction of sp³-hybridized carbons (Fsp3) is 0.591. The number of aromatic nitrogens is 3. The van der Waals surface area contributed by atoms with Gasteiger partial charge >= 0.3 is 0 Å². The molecular weight excluding hydrogens is 380 g/mol. The van der Waals surface area contributed by atoms with Gasteiger partial charge in [0.15, 0.2) is 0 Å². The van der Waals surface area contributed by atoms with E-state index in [0.717, 1.165) is 49.3 Å². The van der Waals surface area contributed by atoms with Crippen LogP contribution in [0.4, 0.5) is 17.5 Å². The van der Waals surface area contributed by atoms with E-state index in [9.17, 15) is 0 Å². The van der Waals surface area contributed by atoms with Crippen molar-refractivity contribution in [1.82, 2.24) is 15.0 Å². The van der Waals surface area contributed by atoms with Gasteiger partial charge in [-0.25, -0.2) is 4.98 Å². The molecule has 0 unspecified atom stereocenters. The Labute approximate surface area is 177 Å². The van der Waals surface area contributed by atoms with E-state index in [0.29, 0.717) is 13.2 Å². The molecule has 0 amide bonds. The van der Waals surface area contributed by atoms with Gasteiger partial charge in [0.25, 0.3) is 0 Å². The molecule has 0 aliphatic carbocycles. The van der Waals surface area contributed by atoms with Crippen LogP contribution in [-0.4, -0.2) is 72.6 Å². The Balaban J connectivity index is 1.23. The molecule has 1 N–H and O–H groups in total. The summed E-state index contributed by atoms with van der Waals surface area (Å²) in [6.45, 7) is 6.96. The Morgan fingerprint density at radius 1 is 1.00 bits per heavy atom. The molecule has 2 aromatic rings. The van der Waals surface area contributed by atoms with Crippen molar-refractivity contribution in [2.45, 2.75) is 44.4 Å². The van der Waals surface area contributed by atoms with Gasteiger partial charge < -0.3 is 24.6 Å². The third kappa shape index (κ3) is 4.34. The number of rotatable bonds is 4. The van der Waals surface area contributed by atoms with Crippen LogP contribution in [-0.2, 0) is 9.47 Å². The van der Waals surface area contributed by atoms with Gasteiger partial charge in [0.2, 0.25) is 5.95 Å². The molecule has 0 radical (unpaired) electrons. The Morgan fingerprint density at radius 2 is 1.77 bits per heavy atom. The second-order valence-electron chi connectivity index (χ2n) is 8.45. The lowest BCUT2D eigenvalue weighted by Gasteiger charge is -2.28. The monoisotopic (exact) mass is 410 g/mol. The first kappa shape index (κ1) is 19.5. The molecule has 3 saturated heterocycles. The highest BCUT2D eigenvalue weighted by molar-refractivity contribution is 5.47. The van der Waals surface area contributed by atoms with E-state index >= 15 is 0 Å². The SMILES string of the molecule is Cc1cc(N2C[C@@H]3OCC(Nc4cccnc4)CO[C@H]3C2)nc(N2CCCCC2)n1. The van der Waals surface area contributed by atoms with E-state index in [2.05, 4.69) is 33.1 Å². The van der Waals surface area contributed by atoms with Gasteiger partial charge in [0.1, 0.15) is 18.0 Å². The lowest BCUT2D eigenvalue weighted by atomic mass is 10.1. The standard InChI is InChI=1S/C22H30N6O2/c1-16-10-21(26-22(24-16)27-8-3-2-4-9-27)28-12-19-20(13-28)30-15-18(14-29-19)25-17-6-5-7-23-11-17/h5-7,10-11,18-20,25H,2-4,8-9,12-15H2,1H3/t19-,20-/m0/s1. The molecule has 8 nitrogen and oxygen atoms in total. The van der Waals surface area contributed by atoms with Gasteiger partial charge in [0.05, 0.1) is 24.9 Å². The zero-order valence-corrected chi connectivity index (χ0v) is 17.5. The van der Waals surface area contributed by atoms with Gasteiger partial charge in [-0.2, -0.15) is 4.98 Å². The first-order valence-corrected chi connectivity index (χ1v) is 11.0. The first-order valence-electron chi connectivity index (χ1n) is 11.0. The van der Waals surface area contributed by atoms with Gasteiger partial charge in [0, 0.05) is 50.3 Å². The van der Waals surface area contributed by atoms with Crippen molar-refractivity contribution in [2.24, 2.45) is 0 Å². The average molecular weight is 411 g/mol. The van der Waals surface area contributed by atoms with Crippen LogP contribution >= 0.6 is 0 Å². The molecule has 2 atom stereocenters. The predicted molar refractivity (Wildman–Crippen MR) is 116 cm³/mol. The van der Waals surface area contributed by atoms with Crippen molar-refractivity contribution in [1.29, 1.82) is 0 Å². The van der Waals surface area contributed by atoms with Crippen molar-refractivity contribution in [3.8, 4) is 0 Å². The van der Waals surface area contributed by atoms with Crippen LogP contribution in [0.3, 0.4) is 0 Å². The highest BCUT2D eigenvalue weighted by Crippen LogP contribution is 2.27. The van der Waals surface area contributed by atoms with Gasteiger partial charge in [-0.15, -0.1) is 0 Å². The molecule has 8 heteroatoms. The summed E-state index contributed by atoms with van der Waals surface area (Å²) in [4.78, 5) is 18.4. The number of aryl methyl sites for hydroxylation is 1. The zero-order chi connectivity index (χ0) is 20.3. The van der Waals surface area contributed by atoms with E-state index in [1.165, 1.54) is 19.3 Å². The van der Waals surface area contributed by atoms with Gasteiger partial charge in [-0.05, 0) is 38.3 Å². The Kier molecular flexibility index (Phi) is 5.68. The molecular formula is C22H30N6O2. The number of anilines is 3. The summed E-state index contributed by atoms with van der Waals surface area (Å²) < 4.78 is 12.5. The fourth-order valence-corrected chi connectivity index (χ4v) is 4.48. The minimum atomic E-state index is 0.0550. The molecule has 2 aromatic heterocycles. The minimum absolute atomic E-state index is 0.0550. The van der Waals surface area contributed by atoms with Crippen LogP contribution < -0.4 is 15.1 Å². The Bertz CT molecular complexity index is 829. The molecule has 3 aliphatic heterocycles. The summed E-state index contributed by atoms with van der Waals surface area (Å²) in [5, 5.41) is 3.45. The lowest BCUT2D eigenvalue weighted by Crippen LogP contribution is -2.33. The molecule has 0 bridgehead atoms. The van der Waals surface area contributed by atoms with E-state index in [1.54, 1.807) is 6.20 Å². The van der Waals surface area contributed by atoms with E-state index in [1.807, 2.05) is 18.3 Å². The topological polar surface area (TPSA) is 75.6 Å². The van der Waals surface area contributed by atoms with Crippen LogP contribution in [0, 0.1) is 6.92 Å². The molecule has 5 rings (SSSR count). The van der Waals surface area contributed by atoms with Crippen molar-refractivity contribution in [3.05, 3.63) is 36.3 Å². The smallest absolute Gasteiger partial charge is 0.227 e. The first-order chi connectivity index (χ1) is 14.7. The largest absolute Gasteiger partial charge is 0.376 e. The van der Waals surface area contributed by atoms with E-state index in [-0.39, 0.29) is 18.2 Å². The molecule has 0 aromatic carbocycles. The molecule has 3 aliphatic rings. The van der Waals surface area contributed by atoms with Crippen LogP contribution in [0.15, 0.2) is 30.6 Å². The third-order valence-electron chi connectivity index (χ3n) is 6.06. The highest BCUT2D eigenvalue weighted by atomic mass is 16.6. The quantitative estimate of drug-likeness (QED) is 0.823. The molecule has 5 heterocycles. The number of hydrogen-bond acceptors (Lipinski definition) is 8. The van der Waals surface area contributed by atoms with Crippen molar-refractivity contribution < 1.29 is 9.47 Å². The predicted octanol–water partition coefficient (Wildman–Crippen LogP) is 2.26. The fourth-order valence-electron chi connectivity index (χ4n) is 4.48. The zero-order valence-electron chi connectivity index (χ0n) is 17.5. The second kappa shape index (κ2) is 8.73. The number of piperidine rings is 1. The maximum Gasteiger partial charge on any atom is 0.227 e. The minimum Gasteiger partial charge on any atom is -0.376 e. The molecule has 3 fully saturated rings. The number of nitrogens with one attached hydrogen (secondary N) is 1. The summed E-state index contributed by atoms with van der Waals surface area (Å²) in [5.41, 5.74) is 2.00. The van der Waals surface area contributed by atoms with Crippen LogP contribution in [0.25, 0.3) is 0 Å². The van der Waals surface area contributed by atoms with Gasteiger partial charge in [-0.1, -0.05) is 0 Å². The summed E-state index contributed by atoms with van der Waals surface area (Å²) in [7, 11) is 0. The number of hydrogen-bond donors (Lipinski definition) is 1. The van der Waals surface area contributed by atoms with Crippen LogP contribution in [0.1, 0.15) is 25.0 Å². The second-order valence-corrected chi connectivity index (χ2v) is 8.45. The maximum absolute atomic E-state index is 6.24. The molecule has 0 saturated carbocycles. The third-order valence-corrected chi connectivity index (χ3v) is 6.06. The van der Waals surface area contributed by atoms with Crippen LogP contribution in [0.2, 0.25) is 0 Å². The maximum atomic E-state index is 6.24. The van der Waals surface area contributed by atoms with E-state index in [4.69, 9.17) is 19.4 Å². The normalized spacial score (nSPS) is 25.1. The molecule has 160 valence electrons. The summed E-state index contributed by atoms with van der Waals surface area (Å²) in [6.07, 6.45) is 7.45. The Hall–Kier alpha value is -2.45. The number of nitrogens with zero attached hydrogens (tertiary/aromatic N) is 5. The summed E-state index contributed by atoms with van der Waals surface area (Å²) in [6, 6.07) is 6.14. The number of pyridine rings is 1. The highest BCUT2D eigenvalue weighted by Gasteiger charge is 2.38. The lowest BCUT2D eigenvalue weighted by molar-refractivity contribution is -0.00461. The average Bonchev–Trinajstić information content (AvgIpc) is 3.11. The number of fused-ring (bicyclic) bond motifs is 1. The summed E-state index contributed by atoms with van der Waals surface area (Å²) in [5.74, 6) is 1.84. The van der Waals surface area contributed by atoms with Crippen molar-refractivity contribution >= 4 is 17.5 Å². The van der Waals surface area contributed by atoms with Crippen molar-refractivity contribution in [2.75, 3.05) is 54.5 Å². The molecule has 30 heavy (non-hydrogen) atoms. The van der Waals surface area contributed by atoms with Crippen molar-refractivity contribution in [3.63, 3.8) is 0 Å². The number of ether oxygens (including phenoxy) is 2. The Morgan fingerprint density at radius 3 is 2.47 bits per heavy atom. The van der Waals surface area contributed by atoms with E-state index < -0.39 is 0 Å².